The Hall–Kier alpha value is 0.662. The average molecular weight is 389 g/mol. The van der Waals surface area contributed by atoms with Gasteiger partial charge in [0.25, 0.3) is 0 Å². The molecular weight excluding hydrogens is 370 g/mol. The number of allylic oxidation sites excluding steroid dienone is 2. The van der Waals surface area contributed by atoms with E-state index in [-0.39, 0.29) is 31.1 Å². The van der Waals surface area contributed by atoms with E-state index in [1.54, 1.807) is 17.1 Å². The van der Waals surface area contributed by atoms with Crippen LogP contribution in [0, 0.1) is 48.9 Å². The Labute approximate surface area is 101 Å². The zero-order valence-corrected chi connectivity index (χ0v) is 13.0. The van der Waals surface area contributed by atoms with Gasteiger partial charge in [-0.05, 0) is 0 Å². The van der Waals surface area contributed by atoms with Gasteiger partial charge in [-0.25, -0.2) is 17.1 Å². The molecule has 1 heteroatoms. The molecule has 0 heterocycles. The summed E-state index contributed by atoms with van der Waals surface area (Å²) >= 11 is 0. The predicted molar refractivity (Wildman–Crippen MR) is 50.2 cm³/mol. The van der Waals surface area contributed by atoms with Gasteiger partial charge in [-0.1, -0.05) is 39.0 Å². The topological polar surface area (TPSA) is 0 Å². The van der Waals surface area contributed by atoms with Crippen molar-refractivity contribution in [3.05, 3.63) is 17.1 Å². The van der Waals surface area contributed by atoms with Crippen LogP contribution in [0.4, 0.5) is 0 Å². The molecule has 0 bridgehead atoms. The second-order valence-corrected chi connectivity index (χ2v) is 4.06. The van der Waals surface area contributed by atoms with Crippen molar-refractivity contribution >= 4 is 0 Å². The molecule has 66 valence electrons. The molecule has 1 aliphatic rings. The fourth-order valence-electron chi connectivity index (χ4n) is 1.92. The van der Waals surface area contributed by atoms with Gasteiger partial charge in [0.2, 0.25) is 0 Å². The molecule has 0 saturated carbocycles. The first-order valence-electron chi connectivity index (χ1n) is 4.54. The first-order valence-corrected chi connectivity index (χ1v) is 4.54. The molecule has 0 amide bonds. The van der Waals surface area contributed by atoms with Crippen molar-refractivity contribution in [2.75, 3.05) is 0 Å². The van der Waals surface area contributed by atoms with Crippen molar-refractivity contribution in [1.29, 1.82) is 0 Å². The number of rotatable bonds is 0. The summed E-state index contributed by atoms with van der Waals surface area (Å²) in [5.74, 6) is 3.23. The van der Waals surface area contributed by atoms with Crippen molar-refractivity contribution < 1.29 is 31.1 Å². The van der Waals surface area contributed by atoms with Crippen LogP contribution in [0.15, 0.2) is 11.1 Å². The first-order chi connectivity index (χ1) is 5.04. The largest absolute Gasteiger partial charge is 2.00 e. The van der Waals surface area contributed by atoms with Crippen LogP contribution in [0.3, 0.4) is 0 Å². The molecule has 0 aromatic carbocycles. The predicted octanol–water partition coefficient (Wildman–Crippen LogP) is 3.59. The molecule has 1 rings (SSSR count). The minimum absolute atomic E-state index is 0. The zero-order valence-electron chi connectivity index (χ0n) is 8.86. The minimum atomic E-state index is 0. The zero-order chi connectivity index (χ0) is 8.59. The second kappa shape index (κ2) is 4.78. The van der Waals surface area contributed by atoms with Crippen molar-refractivity contribution in [1.82, 2.24) is 0 Å². The summed E-state index contributed by atoms with van der Waals surface area (Å²) in [6.45, 7) is 11.5. The van der Waals surface area contributed by atoms with Crippen LogP contribution < -0.4 is 0 Å². The molecular formula is C11H19U+. The van der Waals surface area contributed by atoms with Crippen LogP contribution in [0.2, 0.25) is 0 Å². The van der Waals surface area contributed by atoms with E-state index in [2.05, 4.69) is 34.6 Å². The van der Waals surface area contributed by atoms with Crippen LogP contribution in [-0.4, -0.2) is 0 Å². The third kappa shape index (κ3) is 2.33. The maximum absolute atomic E-state index is 2.35. The van der Waals surface area contributed by atoms with Gasteiger partial charge in [0.15, 0.2) is 0 Å². The average Bonchev–Trinajstić information content (AvgIpc) is 1.97. The van der Waals surface area contributed by atoms with E-state index in [0.29, 0.717) is 0 Å². The Bertz CT molecular complexity index is 181. The van der Waals surface area contributed by atoms with Crippen LogP contribution in [0.1, 0.15) is 41.0 Å². The quantitative estimate of drug-likeness (QED) is 0.556. The van der Waals surface area contributed by atoms with Gasteiger partial charge in [0, 0.05) is 0 Å². The summed E-state index contributed by atoms with van der Waals surface area (Å²) < 4.78 is 0. The van der Waals surface area contributed by atoms with Gasteiger partial charge in [0.05, 0.1) is 0 Å². The molecule has 0 aromatic heterocycles. The summed E-state index contributed by atoms with van der Waals surface area (Å²) in [6, 6.07) is 0. The first kappa shape index (κ1) is 12.7. The van der Waals surface area contributed by atoms with Crippen LogP contribution in [0.5, 0.6) is 0 Å². The molecule has 0 nitrogen and oxygen atoms in total. The Balaban J connectivity index is 0.00000121. The molecule has 0 fully saturated rings. The van der Waals surface area contributed by atoms with Gasteiger partial charge in [-0.2, -0.15) is 0 Å². The minimum Gasteiger partial charge on any atom is -0.216 e. The third-order valence-corrected chi connectivity index (χ3v) is 3.40. The molecule has 2 atom stereocenters. The SMILES string of the molecule is CC1=C(C)[C-](C)C(C)C(C)C1.[U+2]. The second-order valence-electron chi connectivity index (χ2n) is 4.06. The van der Waals surface area contributed by atoms with Crippen molar-refractivity contribution in [2.24, 2.45) is 11.8 Å². The summed E-state index contributed by atoms with van der Waals surface area (Å²) in [6.07, 6.45) is 1.30. The van der Waals surface area contributed by atoms with E-state index >= 15 is 0 Å². The van der Waals surface area contributed by atoms with Gasteiger partial charge >= 0.3 is 31.1 Å². The molecule has 0 saturated heterocycles. The molecule has 12 heavy (non-hydrogen) atoms. The summed E-state index contributed by atoms with van der Waals surface area (Å²) in [7, 11) is 0. The van der Waals surface area contributed by atoms with E-state index in [1.807, 2.05) is 0 Å². The third-order valence-electron chi connectivity index (χ3n) is 3.40. The van der Waals surface area contributed by atoms with Gasteiger partial charge in [0.1, 0.15) is 0 Å². The fourth-order valence-corrected chi connectivity index (χ4v) is 1.92. The Morgan fingerprint density at radius 2 is 1.75 bits per heavy atom. The maximum atomic E-state index is 2.35. The molecule has 0 aliphatic heterocycles. The molecule has 2 unspecified atom stereocenters. The number of hydrogen-bond acceptors (Lipinski definition) is 0. The van der Waals surface area contributed by atoms with Crippen LogP contribution in [0.25, 0.3) is 0 Å². The van der Waals surface area contributed by atoms with E-state index in [9.17, 15) is 0 Å². The normalized spacial score (nSPS) is 30.2. The van der Waals surface area contributed by atoms with E-state index in [1.165, 1.54) is 6.42 Å². The van der Waals surface area contributed by atoms with E-state index in [4.69, 9.17) is 0 Å². The molecule has 0 N–H and O–H groups in total. The Morgan fingerprint density at radius 3 is 2.25 bits per heavy atom. The van der Waals surface area contributed by atoms with Crippen LogP contribution in [-0.2, 0) is 0 Å². The van der Waals surface area contributed by atoms with Gasteiger partial charge in [-0.3, -0.25) is 0 Å². The van der Waals surface area contributed by atoms with Crippen molar-refractivity contribution in [3.8, 4) is 0 Å². The monoisotopic (exact) mass is 389 g/mol. The number of hydrogen-bond donors (Lipinski definition) is 0. The molecule has 0 spiro atoms. The maximum Gasteiger partial charge on any atom is 2.00 e. The smallest absolute Gasteiger partial charge is 0.216 e. The fraction of sp³-hybridized carbons (Fsp3) is 0.727. The van der Waals surface area contributed by atoms with Crippen molar-refractivity contribution in [3.63, 3.8) is 0 Å². The molecule has 1 aliphatic carbocycles. The van der Waals surface area contributed by atoms with Crippen LogP contribution >= 0.6 is 0 Å². The molecule has 0 aromatic rings. The Morgan fingerprint density at radius 1 is 1.25 bits per heavy atom. The summed E-state index contributed by atoms with van der Waals surface area (Å²) in [4.78, 5) is 0. The summed E-state index contributed by atoms with van der Waals surface area (Å²) in [5.41, 5.74) is 3.14. The molecule has 0 radical (unpaired) electrons. The van der Waals surface area contributed by atoms with Gasteiger partial charge < -0.3 is 0 Å². The van der Waals surface area contributed by atoms with Gasteiger partial charge in [-0.15, -0.1) is 13.8 Å². The van der Waals surface area contributed by atoms with Crippen molar-refractivity contribution in [2.45, 2.75) is 41.0 Å². The standard InChI is InChI=1S/C11H19.U/c1-7-6-8(2)10(4)11(5)9(7)3;/h7,9H,6H2,1-5H3;/q-1;+2. The van der Waals surface area contributed by atoms with E-state index < -0.39 is 0 Å². The summed E-state index contributed by atoms with van der Waals surface area (Å²) in [5, 5.41) is 0. The Kier molecular flexibility index (Phi) is 5.04. The van der Waals surface area contributed by atoms with E-state index in [0.717, 1.165) is 11.8 Å².